The molecule has 0 radical (unpaired) electrons. The van der Waals surface area contributed by atoms with E-state index in [1.54, 1.807) is 33.8 Å². The molecule has 2 bridgehead atoms. The van der Waals surface area contributed by atoms with E-state index in [-0.39, 0.29) is 43.9 Å². The molecule has 1 saturated carbocycles. The first-order valence-electron chi connectivity index (χ1n) is 24.0. The number of aliphatic hydroxyl groups excluding tert-OH is 3. The van der Waals surface area contributed by atoms with Crippen LogP contribution in [0.5, 0.6) is 5.75 Å². The normalized spacial score (nSPS) is 38.2. The number of hydrogen-bond acceptors (Lipinski definition) is 13. The fourth-order valence-corrected chi connectivity index (χ4v) is 10.7. The van der Waals surface area contributed by atoms with Crippen molar-refractivity contribution in [1.29, 1.82) is 0 Å². The van der Waals surface area contributed by atoms with Gasteiger partial charge in [-0.05, 0) is 119 Å². The molecule has 4 heterocycles. The summed E-state index contributed by atoms with van der Waals surface area (Å²) in [6, 6.07) is 6.67. The molecule has 15 heteroatoms. The summed E-state index contributed by atoms with van der Waals surface area (Å²) in [5, 5.41) is 47.9. The van der Waals surface area contributed by atoms with Crippen LogP contribution in [0.25, 0.3) is 10.9 Å². The van der Waals surface area contributed by atoms with E-state index in [0.717, 1.165) is 15.8 Å². The fraction of sp³-hybridized carbons (Fsp3) is 0.686. The number of aromatic nitrogens is 1. The molecule has 15 atom stereocenters. The average Bonchev–Trinajstić information content (AvgIpc) is 3.68. The molecule has 4 aliphatic rings. The lowest BCUT2D eigenvalue weighted by molar-refractivity contribution is -0.302. The second-order valence-corrected chi connectivity index (χ2v) is 19.7. The van der Waals surface area contributed by atoms with Crippen molar-refractivity contribution in [1.82, 2.24) is 9.47 Å². The molecule has 4 N–H and O–H groups in total. The number of esters is 1. The molecule has 15 unspecified atom stereocenters. The number of Topliss-reactive ketones (excluding diaryl/α,β-unsaturated/α-hetero) is 2. The number of carbonyl (C=O) groups is 4. The standard InChI is InChI=1S/C51H74N2O13/c1-10-34-22-28(2)45(57)29(3)23-43(62-8)47-44(63-9)24-31(5)51(61,66-47)48(58)49(59)53-19-12-11-13-38(53)50(60)65-46(32(6)39(54)27-40(34)55)30(4)21-33-14-17-42(41(56)25-33)64-36-15-16-37-35(26-36)18-20-52(37)7/h15-16,18,20-22,26,29,31-34,38-39,41-47,54,56-57,61H,10-14,17,19,23-25,27H2,1-9H3/b28-22+,30-21?. The molecule has 66 heavy (non-hydrogen) atoms. The average molecular weight is 923 g/mol. The summed E-state index contributed by atoms with van der Waals surface area (Å²) in [6.45, 7) is 10.6. The molecular weight excluding hydrogens is 849 g/mol. The summed E-state index contributed by atoms with van der Waals surface area (Å²) in [7, 11) is 4.92. The maximum absolute atomic E-state index is 14.5. The van der Waals surface area contributed by atoms with E-state index in [0.29, 0.717) is 55.4 Å². The lowest BCUT2D eigenvalue weighted by Crippen LogP contribution is -2.64. The lowest BCUT2D eigenvalue weighted by atomic mass is 9.81. The van der Waals surface area contributed by atoms with E-state index in [9.17, 15) is 39.6 Å². The zero-order chi connectivity index (χ0) is 48.2. The van der Waals surface area contributed by atoms with Gasteiger partial charge < -0.3 is 53.6 Å². The van der Waals surface area contributed by atoms with Gasteiger partial charge in [-0.25, -0.2) is 4.79 Å². The maximum atomic E-state index is 14.5. The highest BCUT2D eigenvalue weighted by atomic mass is 16.7. The molecule has 6 rings (SSSR count). The van der Waals surface area contributed by atoms with E-state index in [4.69, 9.17) is 23.7 Å². The number of benzene rings is 1. The minimum absolute atomic E-state index is 0.0500. The number of hydrogen-bond donors (Lipinski definition) is 4. The summed E-state index contributed by atoms with van der Waals surface area (Å²) in [6.07, 6.45) is 1.97. The highest BCUT2D eigenvalue weighted by Gasteiger charge is 2.57. The maximum Gasteiger partial charge on any atom is 0.329 e. The lowest BCUT2D eigenvalue weighted by Gasteiger charge is -2.47. The Bertz CT molecular complexity index is 2100. The van der Waals surface area contributed by atoms with Crippen LogP contribution in [0, 0.1) is 29.6 Å². The molecule has 2 saturated heterocycles. The number of ketones is 2. The fourth-order valence-electron chi connectivity index (χ4n) is 10.7. The molecule has 3 aliphatic heterocycles. The summed E-state index contributed by atoms with van der Waals surface area (Å²) < 4.78 is 32.5. The Morgan fingerprint density at radius 3 is 2.32 bits per heavy atom. The molecule has 1 aromatic carbocycles. The number of cyclic esters (lactones) is 1. The molecule has 0 spiro atoms. The molecule has 366 valence electrons. The topological polar surface area (TPSA) is 204 Å². The van der Waals surface area contributed by atoms with Crippen LogP contribution in [-0.4, -0.2) is 135 Å². The predicted octanol–water partition coefficient (Wildman–Crippen LogP) is 5.37. The van der Waals surface area contributed by atoms with Crippen molar-refractivity contribution in [2.45, 2.75) is 166 Å². The predicted molar refractivity (Wildman–Crippen MR) is 246 cm³/mol. The van der Waals surface area contributed by atoms with Gasteiger partial charge in [-0.1, -0.05) is 39.8 Å². The van der Waals surface area contributed by atoms with Gasteiger partial charge >= 0.3 is 5.97 Å². The minimum Gasteiger partial charge on any atom is -0.488 e. The van der Waals surface area contributed by atoms with Gasteiger partial charge in [0.2, 0.25) is 5.79 Å². The van der Waals surface area contributed by atoms with Crippen LogP contribution in [0.15, 0.2) is 53.8 Å². The summed E-state index contributed by atoms with van der Waals surface area (Å²) in [5.74, 6) is -8.18. The Kier molecular flexibility index (Phi) is 17.1. The number of allylic oxidation sites excluding steroid dienone is 2. The van der Waals surface area contributed by atoms with Gasteiger partial charge in [-0.15, -0.1) is 0 Å². The number of amides is 1. The number of ether oxygens (including phenoxy) is 5. The highest BCUT2D eigenvalue weighted by Crippen LogP contribution is 2.40. The number of aryl methyl sites for hydroxylation is 1. The summed E-state index contributed by atoms with van der Waals surface area (Å²) in [5.41, 5.74) is 2.22. The van der Waals surface area contributed by atoms with E-state index >= 15 is 0 Å². The van der Waals surface area contributed by atoms with Crippen LogP contribution in [0.1, 0.15) is 106 Å². The summed E-state index contributed by atoms with van der Waals surface area (Å²) >= 11 is 0. The summed E-state index contributed by atoms with van der Waals surface area (Å²) in [4.78, 5) is 58.3. The molecule has 15 nitrogen and oxygen atoms in total. The third-order valence-corrected chi connectivity index (χ3v) is 15.0. The third kappa shape index (κ3) is 11.1. The number of carbonyl (C=O) groups excluding carboxylic acids is 4. The van der Waals surface area contributed by atoms with Crippen LogP contribution in [-0.2, 0) is 45.2 Å². The first kappa shape index (κ1) is 51.4. The van der Waals surface area contributed by atoms with E-state index in [1.807, 2.05) is 62.0 Å². The SMILES string of the molecule is CCC1/C=C(\C)C(O)C(C)CC(OC)C2OC(O)(C(=O)C(=O)N3CCCCC3C(=O)OC(C(C)=CC3CCC(Oc4ccc5c(ccn5C)c4)C(O)C3)C(C)C(O)CC1=O)C(C)CC2OC. The minimum atomic E-state index is -2.59. The van der Waals surface area contributed by atoms with E-state index < -0.39 is 102 Å². The van der Waals surface area contributed by atoms with Gasteiger partial charge in [-0.2, -0.15) is 0 Å². The van der Waals surface area contributed by atoms with Gasteiger partial charge in [0.15, 0.2) is 0 Å². The smallest absolute Gasteiger partial charge is 0.329 e. The number of methoxy groups -OCH3 is 2. The number of piperidine rings is 1. The van der Waals surface area contributed by atoms with Crippen molar-refractivity contribution in [3.8, 4) is 5.75 Å². The van der Waals surface area contributed by atoms with Gasteiger partial charge in [0.1, 0.15) is 35.9 Å². The third-order valence-electron chi connectivity index (χ3n) is 15.0. The van der Waals surface area contributed by atoms with Gasteiger partial charge in [0.25, 0.3) is 11.7 Å². The van der Waals surface area contributed by atoms with E-state index in [2.05, 4.69) is 0 Å². The zero-order valence-corrected chi connectivity index (χ0v) is 40.3. The van der Waals surface area contributed by atoms with Crippen molar-refractivity contribution >= 4 is 34.3 Å². The van der Waals surface area contributed by atoms with Gasteiger partial charge in [-0.3, -0.25) is 14.4 Å². The largest absolute Gasteiger partial charge is 0.488 e. The molecule has 3 fully saturated rings. The second-order valence-electron chi connectivity index (χ2n) is 19.7. The van der Waals surface area contributed by atoms with Gasteiger partial charge in [0, 0.05) is 69.1 Å². The number of aliphatic hydroxyl groups is 4. The van der Waals surface area contributed by atoms with Crippen molar-refractivity contribution in [3.63, 3.8) is 0 Å². The zero-order valence-electron chi connectivity index (χ0n) is 40.3. The van der Waals surface area contributed by atoms with Crippen molar-refractivity contribution < 1.29 is 63.3 Å². The Balaban J connectivity index is 1.30. The van der Waals surface area contributed by atoms with Crippen LogP contribution < -0.4 is 4.74 Å². The van der Waals surface area contributed by atoms with Crippen LogP contribution in [0.4, 0.5) is 0 Å². The number of fused-ring (bicyclic) bond motifs is 4. The van der Waals surface area contributed by atoms with Crippen molar-refractivity contribution in [2.75, 3.05) is 20.8 Å². The Labute approximate surface area is 389 Å². The molecule has 2 aromatic rings. The monoisotopic (exact) mass is 923 g/mol. The quantitative estimate of drug-likeness (QED) is 0.157. The molecule has 1 aliphatic carbocycles. The number of rotatable bonds is 7. The molecule has 1 amide bonds. The highest BCUT2D eigenvalue weighted by molar-refractivity contribution is 6.39. The molecular formula is C51H74N2O13. The second kappa shape index (κ2) is 22.0. The van der Waals surface area contributed by atoms with E-state index in [1.165, 1.54) is 14.2 Å². The van der Waals surface area contributed by atoms with Crippen LogP contribution in [0.2, 0.25) is 0 Å². The van der Waals surface area contributed by atoms with Gasteiger partial charge in [0.05, 0.1) is 30.5 Å². The van der Waals surface area contributed by atoms with Crippen molar-refractivity contribution in [3.05, 3.63) is 53.8 Å². The Morgan fingerprint density at radius 2 is 1.64 bits per heavy atom. The Hall–Kier alpha value is -3.96. The first-order chi connectivity index (χ1) is 31.3. The number of nitrogens with zero attached hydrogens (tertiary/aromatic N) is 2. The Morgan fingerprint density at radius 1 is 0.924 bits per heavy atom. The molecule has 1 aromatic heterocycles. The van der Waals surface area contributed by atoms with Crippen LogP contribution in [0.3, 0.4) is 0 Å². The van der Waals surface area contributed by atoms with Crippen molar-refractivity contribution in [2.24, 2.45) is 36.6 Å². The van der Waals surface area contributed by atoms with Crippen LogP contribution >= 0.6 is 0 Å². The first-order valence-corrected chi connectivity index (χ1v) is 24.0.